The third kappa shape index (κ3) is 3.67. The first-order valence-corrected chi connectivity index (χ1v) is 10.4. The van der Waals surface area contributed by atoms with Crippen molar-refractivity contribution < 1.29 is 14.3 Å². The van der Waals surface area contributed by atoms with Crippen LogP contribution >= 0.6 is 0 Å². The van der Waals surface area contributed by atoms with E-state index >= 15 is 0 Å². The number of benzene rings is 2. The van der Waals surface area contributed by atoms with Crippen molar-refractivity contribution >= 4 is 11.8 Å². The smallest absolute Gasteiger partial charge is 0.254 e. The second-order valence-electron chi connectivity index (χ2n) is 7.92. The van der Waals surface area contributed by atoms with Gasteiger partial charge in [0.05, 0.1) is 6.61 Å². The van der Waals surface area contributed by atoms with Crippen LogP contribution in [-0.4, -0.2) is 60.5 Å². The molecule has 2 saturated heterocycles. The zero-order valence-corrected chi connectivity index (χ0v) is 17.0. The largest absolute Gasteiger partial charge is 0.383 e. The predicted molar refractivity (Wildman–Crippen MR) is 113 cm³/mol. The molecular formula is C24H28N2O3. The Morgan fingerprint density at radius 2 is 1.62 bits per heavy atom. The van der Waals surface area contributed by atoms with Crippen molar-refractivity contribution in [1.29, 1.82) is 0 Å². The van der Waals surface area contributed by atoms with Crippen LogP contribution in [0.3, 0.4) is 0 Å². The van der Waals surface area contributed by atoms with Crippen LogP contribution in [0.2, 0.25) is 0 Å². The first-order chi connectivity index (χ1) is 14.2. The van der Waals surface area contributed by atoms with Gasteiger partial charge in [0.1, 0.15) is 5.54 Å². The number of carbonyl (C=O) groups excluding carboxylic acids is 2. The van der Waals surface area contributed by atoms with Gasteiger partial charge in [0.15, 0.2) is 0 Å². The highest BCUT2D eigenvalue weighted by Crippen LogP contribution is 2.39. The fraction of sp³-hybridized carbons (Fsp3) is 0.417. The molecule has 4 rings (SSSR count). The summed E-state index contributed by atoms with van der Waals surface area (Å²) in [5.74, 6) is 0.0524. The Balaban J connectivity index is 1.55. The van der Waals surface area contributed by atoms with Crippen molar-refractivity contribution in [2.24, 2.45) is 0 Å². The molecule has 152 valence electrons. The molecule has 2 aliphatic rings. The number of methoxy groups -OCH3 is 1. The van der Waals surface area contributed by atoms with Gasteiger partial charge in [0, 0.05) is 32.3 Å². The van der Waals surface area contributed by atoms with Gasteiger partial charge in [-0.05, 0) is 48.9 Å². The third-order valence-corrected chi connectivity index (χ3v) is 6.24. The van der Waals surface area contributed by atoms with Crippen molar-refractivity contribution in [3.05, 3.63) is 60.2 Å². The van der Waals surface area contributed by atoms with E-state index in [0.717, 1.165) is 43.4 Å². The summed E-state index contributed by atoms with van der Waals surface area (Å²) < 4.78 is 5.16. The third-order valence-electron chi connectivity index (χ3n) is 6.24. The molecule has 0 aromatic heterocycles. The minimum atomic E-state index is -0.679. The van der Waals surface area contributed by atoms with Gasteiger partial charge in [-0.15, -0.1) is 0 Å². The molecular weight excluding hydrogens is 364 g/mol. The molecule has 2 heterocycles. The van der Waals surface area contributed by atoms with Crippen molar-refractivity contribution in [3.63, 3.8) is 0 Å². The van der Waals surface area contributed by atoms with E-state index < -0.39 is 5.54 Å². The van der Waals surface area contributed by atoms with Gasteiger partial charge >= 0.3 is 0 Å². The molecule has 2 aromatic carbocycles. The maximum absolute atomic E-state index is 13.4. The van der Waals surface area contributed by atoms with E-state index in [2.05, 4.69) is 12.1 Å². The van der Waals surface area contributed by atoms with E-state index in [1.165, 1.54) is 0 Å². The van der Waals surface area contributed by atoms with E-state index in [4.69, 9.17) is 4.74 Å². The lowest BCUT2D eigenvalue weighted by Crippen LogP contribution is -2.61. The van der Waals surface area contributed by atoms with E-state index in [1.54, 1.807) is 7.11 Å². The predicted octanol–water partition coefficient (Wildman–Crippen LogP) is 3.60. The van der Waals surface area contributed by atoms with E-state index in [0.29, 0.717) is 25.3 Å². The number of piperidine rings is 1. The second-order valence-corrected chi connectivity index (χ2v) is 7.92. The average Bonchev–Trinajstić information content (AvgIpc) is 3.19. The van der Waals surface area contributed by atoms with E-state index in [9.17, 15) is 9.59 Å². The van der Waals surface area contributed by atoms with Gasteiger partial charge in [-0.2, -0.15) is 0 Å². The van der Waals surface area contributed by atoms with Gasteiger partial charge in [-0.1, -0.05) is 42.5 Å². The Kier molecular flexibility index (Phi) is 5.67. The first kappa shape index (κ1) is 19.6. The molecule has 2 amide bonds. The number of nitrogens with zero attached hydrogens (tertiary/aromatic N) is 2. The second kappa shape index (κ2) is 8.37. The lowest BCUT2D eigenvalue weighted by Gasteiger charge is -2.44. The van der Waals surface area contributed by atoms with Crippen molar-refractivity contribution in [2.45, 2.75) is 31.2 Å². The molecule has 5 heteroatoms. The van der Waals surface area contributed by atoms with Crippen LogP contribution < -0.4 is 0 Å². The number of amides is 2. The van der Waals surface area contributed by atoms with Crippen LogP contribution in [0.1, 0.15) is 36.0 Å². The highest BCUT2D eigenvalue weighted by molar-refractivity contribution is 6.00. The summed E-state index contributed by atoms with van der Waals surface area (Å²) >= 11 is 0. The molecule has 0 saturated carbocycles. The standard InChI is InChI=1S/C24H28N2O3/c1-29-18-17-25-15-5-13-24(23(25)28)14-6-16-26(24)22(27)21-11-9-20(10-12-21)19-7-3-2-4-8-19/h2-4,7-12H,5-6,13-18H2,1H3. The molecule has 1 atom stereocenters. The zero-order chi connectivity index (χ0) is 20.3. The lowest BCUT2D eigenvalue weighted by atomic mass is 9.85. The molecule has 29 heavy (non-hydrogen) atoms. The van der Waals surface area contributed by atoms with Gasteiger partial charge in [-0.3, -0.25) is 9.59 Å². The monoisotopic (exact) mass is 392 g/mol. The molecule has 1 unspecified atom stereocenters. The summed E-state index contributed by atoms with van der Waals surface area (Å²) in [6.07, 6.45) is 3.30. The van der Waals surface area contributed by atoms with E-state index in [-0.39, 0.29) is 11.8 Å². The number of hydrogen-bond acceptors (Lipinski definition) is 3. The molecule has 2 fully saturated rings. The minimum Gasteiger partial charge on any atom is -0.383 e. The fourth-order valence-electron chi connectivity index (χ4n) is 4.73. The van der Waals surface area contributed by atoms with E-state index in [1.807, 2.05) is 52.3 Å². The van der Waals surface area contributed by atoms with Crippen LogP contribution in [0.5, 0.6) is 0 Å². The van der Waals surface area contributed by atoms with Gasteiger partial charge < -0.3 is 14.5 Å². The summed E-state index contributed by atoms with van der Waals surface area (Å²) in [6, 6.07) is 17.9. The van der Waals surface area contributed by atoms with Crippen molar-refractivity contribution in [1.82, 2.24) is 9.80 Å². The Morgan fingerprint density at radius 3 is 2.31 bits per heavy atom. The Labute approximate surface area is 172 Å². The highest BCUT2D eigenvalue weighted by atomic mass is 16.5. The molecule has 2 aliphatic heterocycles. The van der Waals surface area contributed by atoms with Gasteiger partial charge in [0.25, 0.3) is 5.91 Å². The Morgan fingerprint density at radius 1 is 0.966 bits per heavy atom. The summed E-state index contributed by atoms with van der Waals surface area (Å²) in [5.41, 5.74) is 2.17. The van der Waals surface area contributed by atoms with Crippen molar-refractivity contribution in [2.75, 3.05) is 33.4 Å². The van der Waals surface area contributed by atoms with Crippen LogP contribution in [0.4, 0.5) is 0 Å². The molecule has 0 radical (unpaired) electrons. The number of rotatable bonds is 5. The van der Waals surface area contributed by atoms with Crippen LogP contribution in [0, 0.1) is 0 Å². The van der Waals surface area contributed by atoms with Crippen LogP contribution in [0.15, 0.2) is 54.6 Å². The zero-order valence-electron chi connectivity index (χ0n) is 17.0. The molecule has 1 spiro atoms. The average molecular weight is 392 g/mol. The van der Waals surface area contributed by atoms with Gasteiger partial charge in [0.2, 0.25) is 5.91 Å². The topological polar surface area (TPSA) is 49.9 Å². The number of hydrogen-bond donors (Lipinski definition) is 0. The summed E-state index contributed by atoms with van der Waals surface area (Å²) in [4.78, 5) is 30.4. The van der Waals surface area contributed by atoms with Crippen LogP contribution in [0.25, 0.3) is 11.1 Å². The van der Waals surface area contributed by atoms with Crippen molar-refractivity contribution in [3.8, 4) is 11.1 Å². The normalized spacial score (nSPS) is 21.8. The highest BCUT2D eigenvalue weighted by Gasteiger charge is 2.52. The molecule has 0 N–H and O–H groups in total. The maximum Gasteiger partial charge on any atom is 0.254 e. The SMILES string of the molecule is COCCN1CCCC2(CCCN2C(=O)c2ccc(-c3ccccc3)cc2)C1=O. The molecule has 2 aromatic rings. The lowest BCUT2D eigenvalue weighted by molar-refractivity contribution is -0.146. The maximum atomic E-state index is 13.4. The van der Waals surface area contributed by atoms with Crippen LogP contribution in [-0.2, 0) is 9.53 Å². The Hall–Kier alpha value is -2.66. The molecule has 5 nitrogen and oxygen atoms in total. The summed E-state index contributed by atoms with van der Waals surface area (Å²) in [6.45, 7) is 2.50. The number of ether oxygens (including phenoxy) is 1. The quantitative estimate of drug-likeness (QED) is 0.781. The first-order valence-electron chi connectivity index (χ1n) is 10.4. The number of likely N-dealkylation sites (tertiary alicyclic amines) is 2. The summed E-state index contributed by atoms with van der Waals surface area (Å²) in [5, 5.41) is 0. The fourth-order valence-corrected chi connectivity index (χ4v) is 4.73. The molecule has 0 bridgehead atoms. The summed E-state index contributed by atoms with van der Waals surface area (Å²) in [7, 11) is 1.65. The van der Waals surface area contributed by atoms with Gasteiger partial charge in [-0.25, -0.2) is 0 Å². The molecule has 0 aliphatic carbocycles. The minimum absolute atomic E-state index is 0.0379. The Bertz CT molecular complexity index is 865. The number of carbonyl (C=O) groups is 2.